The van der Waals surface area contributed by atoms with Crippen LogP contribution in [0, 0.1) is 0 Å². The van der Waals surface area contributed by atoms with Crippen molar-refractivity contribution in [1.82, 2.24) is 9.78 Å². The van der Waals surface area contributed by atoms with Gasteiger partial charge in [0.15, 0.2) is 0 Å². The van der Waals surface area contributed by atoms with Gasteiger partial charge >= 0.3 is 0 Å². The molecule has 0 radical (unpaired) electrons. The van der Waals surface area contributed by atoms with E-state index in [-0.39, 0.29) is 0 Å². The Kier molecular flexibility index (Phi) is 3.50. The van der Waals surface area contributed by atoms with E-state index >= 15 is 0 Å². The Morgan fingerprint density at radius 3 is 2.30 bits per heavy atom. The fraction of sp³-hybridized carbons (Fsp3) is 0.118. The third-order valence-corrected chi connectivity index (χ3v) is 3.32. The van der Waals surface area contributed by atoms with Crippen LogP contribution in [-0.2, 0) is 13.6 Å². The number of aromatic nitrogens is 2. The summed E-state index contributed by atoms with van der Waals surface area (Å²) in [6, 6.07) is 20.6. The van der Waals surface area contributed by atoms with Crippen LogP contribution in [0.25, 0.3) is 11.3 Å². The molecule has 0 amide bonds. The summed E-state index contributed by atoms with van der Waals surface area (Å²) in [5.74, 6) is 0. The van der Waals surface area contributed by atoms with Crippen molar-refractivity contribution < 1.29 is 0 Å². The zero-order valence-electron chi connectivity index (χ0n) is 11.5. The van der Waals surface area contributed by atoms with E-state index in [4.69, 9.17) is 0 Å². The van der Waals surface area contributed by atoms with Crippen LogP contribution < -0.4 is 5.32 Å². The van der Waals surface area contributed by atoms with Gasteiger partial charge in [0.2, 0.25) is 0 Å². The summed E-state index contributed by atoms with van der Waals surface area (Å²) in [7, 11) is 1.98. The molecule has 100 valence electrons. The molecular weight excluding hydrogens is 246 g/mol. The quantitative estimate of drug-likeness (QED) is 0.778. The molecule has 0 saturated carbocycles. The highest BCUT2D eigenvalue weighted by atomic mass is 15.3. The lowest BCUT2D eigenvalue weighted by molar-refractivity contribution is 0.775. The van der Waals surface area contributed by atoms with Crippen molar-refractivity contribution in [3.63, 3.8) is 0 Å². The van der Waals surface area contributed by atoms with Crippen LogP contribution in [0.5, 0.6) is 0 Å². The Bertz CT molecular complexity index is 672. The lowest BCUT2D eigenvalue weighted by Gasteiger charge is -2.08. The number of hydrogen-bond acceptors (Lipinski definition) is 2. The van der Waals surface area contributed by atoms with E-state index in [1.165, 1.54) is 11.1 Å². The molecule has 1 aromatic heterocycles. The first-order chi connectivity index (χ1) is 9.84. The molecule has 0 aliphatic rings. The van der Waals surface area contributed by atoms with Crippen molar-refractivity contribution in [1.29, 1.82) is 0 Å². The SMILES string of the molecule is Cn1ncc(CNc2ccccc2)c1-c1ccccc1. The summed E-state index contributed by atoms with van der Waals surface area (Å²) in [6.45, 7) is 0.766. The number of nitrogens with zero attached hydrogens (tertiary/aromatic N) is 2. The monoisotopic (exact) mass is 263 g/mol. The van der Waals surface area contributed by atoms with Crippen LogP contribution in [0.2, 0.25) is 0 Å². The fourth-order valence-electron chi connectivity index (χ4n) is 2.33. The third kappa shape index (κ3) is 2.57. The number of para-hydroxylation sites is 1. The number of anilines is 1. The van der Waals surface area contributed by atoms with Gasteiger partial charge in [0.05, 0.1) is 11.9 Å². The van der Waals surface area contributed by atoms with E-state index in [0.717, 1.165) is 17.9 Å². The van der Waals surface area contributed by atoms with Gasteiger partial charge < -0.3 is 5.32 Å². The van der Waals surface area contributed by atoms with Crippen LogP contribution in [-0.4, -0.2) is 9.78 Å². The average Bonchev–Trinajstić information content (AvgIpc) is 2.88. The van der Waals surface area contributed by atoms with E-state index in [9.17, 15) is 0 Å². The Hall–Kier alpha value is -2.55. The largest absolute Gasteiger partial charge is 0.381 e. The second-order valence-electron chi connectivity index (χ2n) is 4.73. The topological polar surface area (TPSA) is 29.9 Å². The molecule has 3 aromatic rings. The van der Waals surface area contributed by atoms with Crippen molar-refractivity contribution in [2.45, 2.75) is 6.54 Å². The Labute approximate surface area is 118 Å². The zero-order chi connectivity index (χ0) is 13.8. The number of rotatable bonds is 4. The first kappa shape index (κ1) is 12.5. The molecular formula is C17H17N3. The molecule has 20 heavy (non-hydrogen) atoms. The predicted octanol–water partition coefficient (Wildman–Crippen LogP) is 3.70. The first-order valence-corrected chi connectivity index (χ1v) is 6.70. The van der Waals surface area contributed by atoms with Gasteiger partial charge in [-0.2, -0.15) is 5.10 Å². The molecule has 0 aliphatic heterocycles. The fourth-order valence-corrected chi connectivity index (χ4v) is 2.33. The van der Waals surface area contributed by atoms with Gasteiger partial charge in [-0.15, -0.1) is 0 Å². The number of nitrogens with one attached hydrogen (secondary N) is 1. The minimum absolute atomic E-state index is 0.766. The standard InChI is InChI=1S/C17H17N3/c1-20-17(14-8-4-2-5-9-14)15(13-19-20)12-18-16-10-6-3-7-11-16/h2-11,13,18H,12H2,1H3. The highest BCUT2D eigenvalue weighted by Gasteiger charge is 2.10. The Balaban J connectivity index is 1.85. The molecule has 0 unspecified atom stereocenters. The second-order valence-corrected chi connectivity index (χ2v) is 4.73. The maximum absolute atomic E-state index is 4.38. The van der Waals surface area contributed by atoms with Crippen molar-refractivity contribution in [3.05, 3.63) is 72.4 Å². The van der Waals surface area contributed by atoms with E-state index in [0.29, 0.717) is 0 Å². The molecule has 1 N–H and O–H groups in total. The summed E-state index contributed by atoms with van der Waals surface area (Å²) >= 11 is 0. The highest BCUT2D eigenvalue weighted by Crippen LogP contribution is 2.23. The summed E-state index contributed by atoms with van der Waals surface area (Å²) in [4.78, 5) is 0. The van der Waals surface area contributed by atoms with Crippen LogP contribution in [0.3, 0.4) is 0 Å². The molecule has 3 rings (SSSR count). The Morgan fingerprint density at radius 2 is 1.60 bits per heavy atom. The highest BCUT2D eigenvalue weighted by molar-refractivity contribution is 5.63. The van der Waals surface area contributed by atoms with Crippen LogP contribution in [0.4, 0.5) is 5.69 Å². The molecule has 0 bridgehead atoms. The summed E-state index contributed by atoms with van der Waals surface area (Å²) in [5, 5.41) is 7.81. The van der Waals surface area contributed by atoms with Crippen LogP contribution >= 0.6 is 0 Å². The maximum atomic E-state index is 4.38. The number of hydrogen-bond donors (Lipinski definition) is 1. The van der Waals surface area contributed by atoms with Gasteiger partial charge in [-0.05, 0) is 12.1 Å². The van der Waals surface area contributed by atoms with Gasteiger partial charge in [0.25, 0.3) is 0 Å². The number of aryl methyl sites for hydroxylation is 1. The molecule has 0 saturated heterocycles. The van der Waals surface area contributed by atoms with Crippen LogP contribution in [0.1, 0.15) is 5.56 Å². The zero-order valence-corrected chi connectivity index (χ0v) is 11.5. The second kappa shape index (κ2) is 5.61. The Morgan fingerprint density at radius 1 is 0.950 bits per heavy atom. The molecule has 1 heterocycles. The van der Waals surface area contributed by atoms with Gasteiger partial charge in [0.1, 0.15) is 0 Å². The summed E-state index contributed by atoms with van der Waals surface area (Å²) in [5.41, 5.74) is 4.67. The van der Waals surface area contributed by atoms with Crippen molar-refractivity contribution in [3.8, 4) is 11.3 Å². The van der Waals surface area contributed by atoms with Gasteiger partial charge in [-0.25, -0.2) is 0 Å². The van der Waals surface area contributed by atoms with Gasteiger partial charge in [-0.3, -0.25) is 4.68 Å². The van der Waals surface area contributed by atoms with E-state index < -0.39 is 0 Å². The van der Waals surface area contributed by atoms with Crippen molar-refractivity contribution >= 4 is 5.69 Å². The van der Waals surface area contributed by atoms with Gasteiger partial charge in [0, 0.05) is 30.4 Å². The lowest BCUT2D eigenvalue weighted by atomic mass is 10.1. The van der Waals surface area contributed by atoms with Gasteiger partial charge in [-0.1, -0.05) is 48.5 Å². The first-order valence-electron chi connectivity index (χ1n) is 6.70. The third-order valence-electron chi connectivity index (χ3n) is 3.32. The molecule has 0 fully saturated rings. The molecule has 3 heteroatoms. The normalized spacial score (nSPS) is 10.4. The van der Waals surface area contributed by atoms with E-state index in [2.05, 4.69) is 46.8 Å². The molecule has 0 atom stereocenters. The molecule has 2 aromatic carbocycles. The average molecular weight is 263 g/mol. The smallest absolute Gasteiger partial charge is 0.0728 e. The van der Waals surface area contributed by atoms with E-state index in [1.807, 2.05) is 42.2 Å². The minimum Gasteiger partial charge on any atom is -0.381 e. The lowest BCUT2D eigenvalue weighted by Crippen LogP contribution is -2.01. The molecule has 0 aliphatic carbocycles. The molecule has 3 nitrogen and oxygen atoms in total. The summed E-state index contributed by atoms with van der Waals surface area (Å²) < 4.78 is 1.93. The number of benzene rings is 2. The van der Waals surface area contributed by atoms with E-state index in [1.54, 1.807) is 0 Å². The molecule has 0 spiro atoms. The van der Waals surface area contributed by atoms with Crippen molar-refractivity contribution in [2.75, 3.05) is 5.32 Å². The van der Waals surface area contributed by atoms with Crippen molar-refractivity contribution in [2.24, 2.45) is 7.05 Å². The summed E-state index contributed by atoms with van der Waals surface area (Å²) in [6.07, 6.45) is 1.93. The van der Waals surface area contributed by atoms with Crippen LogP contribution in [0.15, 0.2) is 66.9 Å². The maximum Gasteiger partial charge on any atom is 0.0728 e. The predicted molar refractivity (Wildman–Crippen MR) is 82.4 cm³/mol. The minimum atomic E-state index is 0.766.